The smallest absolute Gasteiger partial charge is 0.261 e. The van der Waals surface area contributed by atoms with Gasteiger partial charge in [-0.15, -0.1) is 0 Å². The molecule has 2 aromatic carbocycles. The van der Waals surface area contributed by atoms with E-state index in [0.717, 1.165) is 20.3 Å². The third-order valence-corrected chi connectivity index (χ3v) is 6.24. The van der Waals surface area contributed by atoms with Crippen LogP contribution in [0, 0.1) is 0 Å². The van der Waals surface area contributed by atoms with Crippen molar-refractivity contribution >= 4 is 60.1 Å². The van der Waals surface area contributed by atoms with Gasteiger partial charge in [0.1, 0.15) is 11.3 Å². The van der Waals surface area contributed by atoms with Gasteiger partial charge in [-0.25, -0.2) is 4.98 Å². The molecular weight excluding hydrogens is 486 g/mol. The fourth-order valence-corrected chi connectivity index (χ4v) is 4.55. The van der Waals surface area contributed by atoms with Crippen LogP contribution in [-0.4, -0.2) is 22.5 Å². The molecule has 0 fully saturated rings. The molecule has 8 heteroatoms. The number of hydrogen-bond donors (Lipinski definition) is 0. The van der Waals surface area contributed by atoms with Gasteiger partial charge in [0.25, 0.3) is 5.91 Å². The third-order valence-electron chi connectivity index (χ3n) is 4.37. The number of nitrogens with zero attached hydrogens (tertiary/aromatic N) is 3. The van der Waals surface area contributed by atoms with Gasteiger partial charge in [-0.2, -0.15) is 0 Å². The highest BCUT2D eigenvalue weighted by Gasteiger charge is 2.24. The standard InChI is InChI=1S/C22H17BrClN3O2S/c1-2-29-18-6-3-7-19-20(18)26-22(30-19)27(13-14-5-4-10-25-12-14)21(28)16-11-15(23)8-9-17(16)24/h3-12H,2,13H2,1H3. The van der Waals surface area contributed by atoms with Gasteiger partial charge in [0.05, 0.1) is 28.4 Å². The van der Waals surface area contributed by atoms with Gasteiger partial charge in [0.2, 0.25) is 0 Å². The van der Waals surface area contributed by atoms with E-state index in [0.29, 0.717) is 34.6 Å². The Labute approximate surface area is 191 Å². The molecule has 0 aliphatic rings. The predicted octanol–water partition coefficient (Wildman–Crippen LogP) is 6.35. The minimum Gasteiger partial charge on any atom is -0.492 e. The van der Waals surface area contributed by atoms with Crippen LogP contribution in [0.4, 0.5) is 5.13 Å². The van der Waals surface area contributed by atoms with Crippen molar-refractivity contribution in [1.29, 1.82) is 0 Å². The highest BCUT2D eigenvalue weighted by atomic mass is 79.9. The molecule has 0 aliphatic heterocycles. The summed E-state index contributed by atoms with van der Waals surface area (Å²) in [6, 6.07) is 14.8. The Bertz CT molecular complexity index is 1200. The van der Waals surface area contributed by atoms with Crippen LogP contribution in [0.2, 0.25) is 5.02 Å². The average molecular weight is 503 g/mol. The second-order valence-electron chi connectivity index (χ2n) is 6.41. The normalized spacial score (nSPS) is 10.9. The van der Waals surface area contributed by atoms with Crippen molar-refractivity contribution in [3.05, 3.63) is 81.5 Å². The van der Waals surface area contributed by atoms with E-state index >= 15 is 0 Å². The average Bonchev–Trinajstić information content (AvgIpc) is 3.19. The van der Waals surface area contributed by atoms with E-state index in [1.165, 1.54) is 11.3 Å². The number of amides is 1. The molecule has 152 valence electrons. The quantitative estimate of drug-likeness (QED) is 0.308. The zero-order valence-corrected chi connectivity index (χ0v) is 19.2. The van der Waals surface area contributed by atoms with E-state index in [9.17, 15) is 4.79 Å². The number of para-hydroxylation sites is 1. The Morgan fingerprint density at radius 2 is 2.10 bits per heavy atom. The van der Waals surface area contributed by atoms with E-state index < -0.39 is 0 Å². The number of aromatic nitrogens is 2. The summed E-state index contributed by atoms with van der Waals surface area (Å²) in [6.45, 7) is 2.79. The van der Waals surface area contributed by atoms with Crippen molar-refractivity contribution in [2.75, 3.05) is 11.5 Å². The topological polar surface area (TPSA) is 55.3 Å². The molecule has 4 rings (SSSR count). The zero-order chi connectivity index (χ0) is 21.1. The van der Waals surface area contributed by atoms with Crippen molar-refractivity contribution in [2.45, 2.75) is 13.5 Å². The third kappa shape index (κ3) is 4.33. The maximum atomic E-state index is 13.5. The summed E-state index contributed by atoms with van der Waals surface area (Å²) in [5.74, 6) is 0.467. The predicted molar refractivity (Wildman–Crippen MR) is 125 cm³/mol. The number of ether oxygens (including phenoxy) is 1. The largest absolute Gasteiger partial charge is 0.492 e. The highest BCUT2D eigenvalue weighted by Crippen LogP contribution is 2.36. The SMILES string of the molecule is CCOc1cccc2sc(N(Cc3cccnc3)C(=O)c3cc(Br)ccc3Cl)nc12. The number of benzene rings is 2. The first-order chi connectivity index (χ1) is 14.6. The molecule has 0 spiro atoms. The number of carbonyl (C=O) groups excluding carboxylic acids is 1. The highest BCUT2D eigenvalue weighted by molar-refractivity contribution is 9.10. The van der Waals surface area contributed by atoms with Crippen LogP contribution in [0.25, 0.3) is 10.2 Å². The number of anilines is 1. The fourth-order valence-electron chi connectivity index (χ4n) is 3.01. The molecule has 0 bridgehead atoms. The lowest BCUT2D eigenvalue weighted by atomic mass is 10.2. The van der Waals surface area contributed by atoms with E-state index in [-0.39, 0.29) is 5.91 Å². The molecule has 0 saturated carbocycles. The Morgan fingerprint density at radius 3 is 2.87 bits per heavy atom. The molecule has 2 aromatic heterocycles. The lowest BCUT2D eigenvalue weighted by Crippen LogP contribution is -2.30. The van der Waals surface area contributed by atoms with Crippen LogP contribution in [-0.2, 0) is 6.54 Å². The molecule has 0 atom stereocenters. The van der Waals surface area contributed by atoms with Crippen molar-refractivity contribution in [1.82, 2.24) is 9.97 Å². The molecule has 0 unspecified atom stereocenters. The number of hydrogen-bond acceptors (Lipinski definition) is 5. The minimum atomic E-state index is -0.234. The minimum absolute atomic E-state index is 0.234. The van der Waals surface area contributed by atoms with Crippen LogP contribution >= 0.6 is 38.9 Å². The number of carbonyl (C=O) groups is 1. The van der Waals surface area contributed by atoms with Gasteiger partial charge >= 0.3 is 0 Å². The monoisotopic (exact) mass is 501 g/mol. The Balaban J connectivity index is 1.81. The molecular formula is C22H17BrClN3O2S. The number of pyridine rings is 1. The summed E-state index contributed by atoms with van der Waals surface area (Å²) >= 11 is 11.2. The first-order valence-corrected chi connectivity index (χ1v) is 11.2. The Morgan fingerprint density at radius 1 is 1.23 bits per heavy atom. The molecule has 0 saturated heterocycles. The van der Waals surface area contributed by atoms with E-state index in [2.05, 4.69) is 20.9 Å². The van der Waals surface area contributed by atoms with Crippen molar-refractivity contribution in [3.63, 3.8) is 0 Å². The number of halogens is 2. The first-order valence-electron chi connectivity index (χ1n) is 9.25. The van der Waals surface area contributed by atoms with Crippen LogP contribution in [0.5, 0.6) is 5.75 Å². The Kier molecular flexibility index (Phi) is 6.32. The molecule has 2 heterocycles. The maximum Gasteiger partial charge on any atom is 0.261 e. The molecule has 0 aliphatic carbocycles. The molecule has 4 aromatic rings. The second kappa shape index (κ2) is 9.12. The van der Waals surface area contributed by atoms with Crippen LogP contribution in [0.3, 0.4) is 0 Å². The van der Waals surface area contributed by atoms with Crippen LogP contribution in [0.15, 0.2) is 65.4 Å². The maximum absolute atomic E-state index is 13.5. The van der Waals surface area contributed by atoms with Crippen LogP contribution in [0.1, 0.15) is 22.8 Å². The molecule has 5 nitrogen and oxygen atoms in total. The summed E-state index contributed by atoms with van der Waals surface area (Å²) in [6.07, 6.45) is 3.44. The Hall–Kier alpha value is -2.48. The van der Waals surface area contributed by atoms with E-state index in [4.69, 9.17) is 21.3 Å². The van der Waals surface area contributed by atoms with Gasteiger partial charge in [-0.3, -0.25) is 14.7 Å². The summed E-state index contributed by atoms with van der Waals surface area (Å²) < 4.78 is 7.44. The van der Waals surface area contributed by atoms with Crippen molar-refractivity contribution in [2.24, 2.45) is 0 Å². The van der Waals surface area contributed by atoms with E-state index in [1.807, 2.05) is 37.3 Å². The number of rotatable bonds is 6. The van der Waals surface area contributed by atoms with Crippen molar-refractivity contribution in [3.8, 4) is 5.75 Å². The first kappa shape index (κ1) is 20.8. The number of fused-ring (bicyclic) bond motifs is 1. The van der Waals surface area contributed by atoms with Gasteiger partial charge < -0.3 is 4.74 Å². The summed E-state index contributed by atoms with van der Waals surface area (Å²) in [7, 11) is 0. The molecule has 30 heavy (non-hydrogen) atoms. The lowest BCUT2D eigenvalue weighted by molar-refractivity contribution is 0.0985. The second-order valence-corrected chi connectivity index (χ2v) is 8.74. The van der Waals surface area contributed by atoms with Gasteiger partial charge in [-0.05, 0) is 48.9 Å². The number of thiazole rings is 1. The van der Waals surface area contributed by atoms with Crippen molar-refractivity contribution < 1.29 is 9.53 Å². The fraction of sp³-hybridized carbons (Fsp3) is 0.136. The van der Waals surface area contributed by atoms with Gasteiger partial charge in [0.15, 0.2) is 5.13 Å². The molecule has 0 radical (unpaired) electrons. The van der Waals surface area contributed by atoms with Gasteiger partial charge in [-0.1, -0.05) is 51.0 Å². The summed E-state index contributed by atoms with van der Waals surface area (Å²) in [5, 5.41) is 0.956. The van der Waals surface area contributed by atoms with E-state index in [1.54, 1.807) is 35.5 Å². The summed E-state index contributed by atoms with van der Waals surface area (Å²) in [4.78, 5) is 24.1. The van der Waals surface area contributed by atoms with Crippen LogP contribution < -0.4 is 9.64 Å². The lowest BCUT2D eigenvalue weighted by Gasteiger charge is -2.20. The molecule has 0 N–H and O–H groups in total. The zero-order valence-electron chi connectivity index (χ0n) is 16.0. The molecule has 1 amide bonds. The summed E-state index contributed by atoms with van der Waals surface area (Å²) in [5.41, 5.74) is 2.03. The van der Waals surface area contributed by atoms with Gasteiger partial charge in [0, 0.05) is 16.9 Å².